The molecule has 1 aliphatic rings. The smallest absolute Gasteiger partial charge is 0.261 e. The van der Waals surface area contributed by atoms with Crippen molar-refractivity contribution in [3.8, 4) is 11.5 Å². The van der Waals surface area contributed by atoms with E-state index in [-0.39, 0.29) is 5.56 Å². The molecule has 134 valence electrons. The Morgan fingerprint density at radius 3 is 2.65 bits per heavy atom. The number of nitrogens with zero attached hydrogens (tertiary/aromatic N) is 2. The van der Waals surface area contributed by atoms with Crippen LogP contribution in [0.15, 0.2) is 47.3 Å². The highest BCUT2D eigenvalue weighted by Crippen LogP contribution is 2.21. The number of aromatic nitrogens is 2. The van der Waals surface area contributed by atoms with Gasteiger partial charge in [0.1, 0.15) is 23.9 Å². The molecule has 2 heterocycles. The van der Waals surface area contributed by atoms with E-state index in [1.807, 2.05) is 47.0 Å². The zero-order valence-corrected chi connectivity index (χ0v) is 14.9. The second-order valence-electron chi connectivity index (χ2n) is 6.61. The van der Waals surface area contributed by atoms with Crippen molar-refractivity contribution < 1.29 is 9.47 Å². The van der Waals surface area contributed by atoms with Gasteiger partial charge in [-0.2, -0.15) is 0 Å². The molecule has 5 heteroatoms. The third-order valence-electron chi connectivity index (χ3n) is 4.85. The van der Waals surface area contributed by atoms with E-state index in [4.69, 9.17) is 14.5 Å². The van der Waals surface area contributed by atoms with Gasteiger partial charge < -0.3 is 9.47 Å². The van der Waals surface area contributed by atoms with Crippen LogP contribution in [0.2, 0.25) is 0 Å². The highest BCUT2D eigenvalue weighted by atomic mass is 16.5. The lowest BCUT2D eigenvalue weighted by Crippen LogP contribution is -2.24. The lowest BCUT2D eigenvalue weighted by Gasteiger charge is -2.11. The maximum absolute atomic E-state index is 12.9. The van der Waals surface area contributed by atoms with Crippen LogP contribution in [0.3, 0.4) is 0 Å². The molecule has 3 aromatic rings. The largest absolute Gasteiger partial charge is 0.497 e. The summed E-state index contributed by atoms with van der Waals surface area (Å²) < 4.78 is 12.9. The molecule has 0 atom stereocenters. The lowest BCUT2D eigenvalue weighted by molar-refractivity contribution is 0.306. The summed E-state index contributed by atoms with van der Waals surface area (Å²) >= 11 is 0. The van der Waals surface area contributed by atoms with Gasteiger partial charge in [0, 0.05) is 13.0 Å². The Balaban J connectivity index is 1.60. The fraction of sp³-hybridized carbons (Fsp3) is 0.333. The molecular formula is C21H22N2O3. The standard InChI is InChI=1S/C21H22N2O3/c1-25-16-8-6-15(7-9-16)14-26-17-10-11-19-18(13-17)21(24)23-12-4-2-3-5-20(23)22-19/h6-11,13H,2-5,12,14H2,1H3. The first-order valence-corrected chi connectivity index (χ1v) is 9.04. The number of benzene rings is 2. The van der Waals surface area contributed by atoms with Crippen molar-refractivity contribution in [2.45, 2.75) is 38.8 Å². The van der Waals surface area contributed by atoms with Crippen molar-refractivity contribution in [2.75, 3.05) is 7.11 Å². The summed E-state index contributed by atoms with van der Waals surface area (Å²) in [6, 6.07) is 13.3. The van der Waals surface area contributed by atoms with Gasteiger partial charge in [-0.05, 0) is 48.7 Å². The van der Waals surface area contributed by atoms with Crippen LogP contribution in [0.5, 0.6) is 11.5 Å². The second kappa shape index (κ2) is 7.20. The maximum Gasteiger partial charge on any atom is 0.261 e. The Bertz CT molecular complexity index is 977. The van der Waals surface area contributed by atoms with Crippen molar-refractivity contribution >= 4 is 10.9 Å². The Labute approximate surface area is 152 Å². The molecule has 0 radical (unpaired) electrons. The fourth-order valence-electron chi connectivity index (χ4n) is 3.38. The van der Waals surface area contributed by atoms with Crippen LogP contribution < -0.4 is 15.0 Å². The summed E-state index contributed by atoms with van der Waals surface area (Å²) in [6.07, 6.45) is 4.16. The molecule has 0 amide bonds. The van der Waals surface area contributed by atoms with E-state index in [0.717, 1.165) is 54.9 Å². The molecule has 0 fully saturated rings. The van der Waals surface area contributed by atoms with Gasteiger partial charge in [0.15, 0.2) is 0 Å². The van der Waals surface area contributed by atoms with Gasteiger partial charge in [-0.3, -0.25) is 9.36 Å². The highest BCUT2D eigenvalue weighted by Gasteiger charge is 2.14. The van der Waals surface area contributed by atoms with Crippen LogP contribution in [0.1, 0.15) is 30.7 Å². The quantitative estimate of drug-likeness (QED) is 0.720. The fourth-order valence-corrected chi connectivity index (χ4v) is 3.38. The Morgan fingerprint density at radius 2 is 1.85 bits per heavy atom. The number of methoxy groups -OCH3 is 1. The van der Waals surface area contributed by atoms with Crippen LogP contribution >= 0.6 is 0 Å². The number of hydrogen-bond donors (Lipinski definition) is 0. The van der Waals surface area contributed by atoms with E-state index < -0.39 is 0 Å². The predicted octanol–water partition coefficient (Wildman–Crippen LogP) is 3.71. The predicted molar refractivity (Wildman–Crippen MR) is 101 cm³/mol. The van der Waals surface area contributed by atoms with Crippen LogP contribution in [0, 0.1) is 0 Å². The van der Waals surface area contributed by atoms with Crippen molar-refractivity contribution in [1.29, 1.82) is 0 Å². The normalized spacial score (nSPS) is 13.9. The number of aryl methyl sites for hydroxylation is 1. The monoisotopic (exact) mass is 350 g/mol. The molecular weight excluding hydrogens is 328 g/mol. The van der Waals surface area contributed by atoms with Gasteiger partial charge in [0.05, 0.1) is 18.0 Å². The van der Waals surface area contributed by atoms with Crippen LogP contribution in [-0.2, 0) is 19.6 Å². The average Bonchev–Trinajstić information content (AvgIpc) is 2.93. The summed E-state index contributed by atoms with van der Waals surface area (Å²) in [6.45, 7) is 1.20. The highest BCUT2D eigenvalue weighted by molar-refractivity contribution is 5.79. The Morgan fingerprint density at radius 1 is 1.04 bits per heavy atom. The van der Waals surface area contributed by atoms with Gasteiger partial charge in [0.2, 0.25) is 0 Å². The number of rotatable bonds is 4. The van der Waals surface area contributed by atoms with E-state index >= 15 is 0 Å². The number of hydrogen-bond acceptors (Lipinski definition) is 4. The molecule has 2 aromatic carbocycles. The van der Waals surface area contributed by atoms with E-state index in [2.05, 4.69) is 0 Å². The van der Waals surface area contributed by atoms with E-state index in [1.165, 1.54) is 0 Å². The van der Waals surface area contributed by atoms with E-state index in [1.54, 1.807) is 7.11 Å². The molecule has 0 saturated carbocycles. The number of fused-ring (bicyclic) bond motifs is 2. The Hall–Kier alpha value is -2.82. The van der Waals surface area contributed by atoms with Gasteiger partial charge in [-0.1, -0.05) is 18.6 Å². The number of ether oxygens (including phenoxy) is 2. The second-order valence-corrected chi connectivity index (χ2v) is 6.61. The molecule has 0 spiro atoms. The minimum absolute atomic E-state index is 0.0433. The molecule has 1 aliphatic heterocycles. The molecule has 0 N–H and O–H groups in total. The lowest BCUT2D eigenvalue weighted by atomic mass is 10.2. The van der Waals surface area contributed by atoms with Gasteiger partial charge in [0.25, 0.3) is 5.56 Å². The van der Waals surface area contributed by atoms with E-state index in [0.29, 0.717) is 17.7 Å². The molecule has 0 saturated heterocycles. The first-order valence-electron chi connectivity index (χ1n) is 9.04. The average molecular weight is 350 g/mol. The topological polar surface area (TPSA) is 53.4 Å². The SMILES string of the molecule is COc1ccc(COc2ccc3nc4n(c(=O)c3c2)CCCCC4)cc1. The van der Waals surface area contributed by atoms with Crippen LogP contribution in [0.25, 0.3) is 10.9 Å². The summed E-state index contributed by atoms with van der Waals surface area (Å²) in [5.74, 6) is 2.41. The molecule has 5 nitrogen and oxygen atoms in total. The maximum atomic E-state index is 12.9. The first kappa shape index (κ1) is 16.6. The van der Waals surface area contributed by atoms with Crippen molar-refractivity contribution in [2.24, 2.45) is 0 Å². The van der Waals surface area contributed by atoms with Crippen molar-refractivity contribution in [3.63, 3.8) is 0 Å². The van der Waals surface area contributed by atoms with E-state index in [9.17, 15) is 4.79 Å². The summed E-state index contributed by atoms with van der Waals surface area (Å²) in [5.41, 5.74) is 1.84. The summed E-state index contributed by atoms with van der Waals surface area (Å²) in [5, 5.41) is 0.628. The first-order chi connectivity index (χ1) is 12.7. The molecule has 0 aliphatic carbocycles. The summed E-state index contributed by atoms with van der Waals surface area (Å²) in [4.78, 5) is 17.6. The molecule has 1 aromatic heterocycles. The van der Waals surface area contributed by atoms with Crippen LogP contribution in [0.4, 0.5) is 0 Å². The molecule has 26 heavy (non-hydrogen) atoms. The minimum Gasteiger partial charge on any atom is -0.497 e. The molecule has 0 bridgehead atoms. The molecule has 0 unspecified atom stereocenters. The van der Waals surface area contributed by atoms with Gasteiger partial charge >= 0.3 is 0 Å². The minimum atomic E-state index is 0.0433. The van der Waals surface area contributed by atoms with Crippen LogP contribution in [-0.4, -0.2) is 16.7 Å². The Kier molecular flexibility index (Phi) is 4.61. The van der Waals surface area contributed by atoms with Crippen molar-refractivity contribution in [3.05, 3.63) is 64.2 Å². The molecule has 4 rings (SSSR count). The van der Waals surface area contributed by atoms with Crippen molar-refractivity contribution in [1.82, 2.24) is 9.55 Å². The van der Waals surface area contributed by atoms with Gasteiger partial charge in [-0.15, -0.1) is 0 Å². The zero-order chi connectivity index (χ0) is 17.9. The third kappa shape index (κ3) is 3.29. The van der Waals surface area contributed by atoms with Gasteiger partial charge in [-0.25, -0.2) is 4.98 Å². The zero-order valence-electron chi connectivity index (χ0n) is 14.9. The third-order valence-corrected chi connectivity index (χ3v) is 4.85. The summed E-state index contributed by atoms with van der Waals surface area (Å²) in [7, 11) is 1.65.